The highest BCUT2D eigenvalue weighted by Gasteiger charge is 2.23. The van der Waals surface area contributed by atoms with Gasteiger partial charge in [0, 0.05) is 17.6 Å². The number of hydrogen-bond donors (Lipinski definition) is 3. The zero-order valence-electron chi connectivity index (χ0n) is 11.8. The standard InChI is InChI=1S/C12H17F2N3O2S2/c1-12(2,17-21(3,18)19)6-16-10-8(13)4-7(11(15)20)5-9(10)14/h4-5,16-17H,6H2,1-3H3,(H2,15,20). The van der Waals surface area contributed by atoms with Crippen LogP contribution in [0.5, 0.6) is 0 Å². The van der Waals surface area contributed by atoms with Gasteiger partial charge >= 0.3 is 0 Å². The predicted octanol–water partition coefficient (Wildman–Crippen LogP) is 1.34. The molecule has 0 aliphatic heterocycles. The molecular formula is C12H17F2N3O2S2. The van der Waals surface area contributed by atoms with E-state index in [2.05, 4.69) is 22.3 Å². The summed E-state index contributed by atoms with van der Waals surface area (Å²) < 4.78 is 52.4. The van der Waals surface area contributed by atoms with Gasteiger partial charge in [-0.25, -0.2) is 21.9 Å². The summed E-state index contributed by atoms with van der Waals surface area (Å²) in [5.74, 6) is -1.71. The van der Waals surface area contributed by atoms with E-state index in [4.69, 9.17) is 5.73 Å². The summed E-state index contributed by atoms with van der Waals surface area (Å²) in [6.45, 7) is 3.15. The van der Waals surface area contributed by atoms with Crippen molar-refractivity contribution in [2.45, 2.75) is 19.4 Å². The fraction of sp³-hybridized carbons (Fsp3) is 0.417. The van der Waals surface area contributed by atoms with Crippen molar-refractivity contribution < 1.29 is 17.2 Å². The van der Waals surface area contributed by atoms with E-state index in [9.17, 15) is 17.2 Å². The van der Waals surface area contributed by atoms with Gasteiger partial charge in [0.15, 0.2) is 0 Å². The zero-order valence-corrected chi connectivity index (χ0v) is 13.5. The number of halogens is 2. The van der Waals surface area contributed by atoms with Crippen molar-refractivity contribution in [3.8, 4) is 0 Å². The van der Waals surface area contributed by atoms with Gasteiger partial charge in [0.1, 0.15) is 22.3 Å². The molecular weight excluding hydrogens is 320 g/mol. The average molecular weight is 337 g/mol. The highest BCUT2D eigenvalue weighted by Crippen LogP contribution is 2.21. The molecule has 0 unspecified atom stereocenters. The maximum atomic E-state index is 13.8. The smallest absolute Gasteiger partial charge is 0.209 e. The van der Waals surface area contributed by atoms with E-state index in [0.717, 1.165) is 18.4 Å². The Morgan fingerprint density at radius 2 is 1.81 bits per heavy atom. The summed E-state index contributed by atoms with van der Waals surface area (Å²) in [5, 5.41) is 2.55. The molecule has 4 N–H and O–H groups in total. The second-order valence-corrected chi connectivity index (χ2v) is 7.48. The van der Waals surface area contributed by atoms with Gasteiger partial charge < -0.3 is 11.1 Å². The van der Waals surface area contributed by atoms with Crippen molar-refractivity contribution in [3.63, 3.8) is 0 Å². The Hall–Kier alpha value is -1.32. The van der Waals surface area contributed by atoms with E-state index in [1.165, 1.54) is 0 Å². The number of nitrogens with one attached hydrogen (secondary N) is 2. The molecule has 1 aromatic carbocycles. The highest BCUT2D eigenvalue weighted by molar-refractivity contribution is 7.88. The van der Waals surface area contributed by atoms with Crippen LogP contribution in [0, 0.1) is 11.6 Å². The van der Waals surface area contributed by atoms with Crippen LogP contribution in [0.15, 0.2) is 12.1 Å². The largest absolute Gasteiger partial charge is 0.389 e. The minimum atomic E-state index is -3.44. The molecule has 1 rings (SSSR count). The van der Waals surface area contributed by atoms with Crippen LogP contribution in [-0.2, 0) is 10.0 Å². The summed E-state index contributed by atoms with van der Waals surface area (Å²) in [4.78, 5) is -0.113. The van der Waals surface area contributed by atoms with E-state index >= 15 is 0 Å². The minimum Gasteiger partial charge on any atom is -0.389 e. The van der Waals surface area contributed by atoms with Gasteiger partial charge in [-0.2, -0.15) is 0 Å². The van der Waals surface area contributed by atoms with Gasteiger partial charge in [-0.15, -0.1) is 0 Å². The zero-order chi connectivity index (χ0) is 16.4. The molecule has 0 saturated heterocycles. The number of thiocarbonyl (C=S) groups is 1. The molecule has 0 radical (unpaired) electrons. The van der Waals surface area contributed by atoms with E-state index in [1.807, 2.05) is 0 Å². The Bertz CT molecular complexity index is 637. The lowest BCUT2D eigenvalue weighted by atomic mass is 10.1. The third-order valence-corrected chi connectivity index (χ3v) is 3.65. The van der Waals surface area contributed by atoms with E-state index < -0.39 is 27.2 Å². The summed E-state index contributed by atoms with van der Waals surface area (Å²) in [6.07, 6.45) is 1.01. The first-order valence-corrected chi connectivity index (χ1v) is 8.23. The number of anilines is 1. The van der Waals surface area contributed by atoms with Gasteiger partial charge in [-0.05, 0) is 26.0 Å². The van der Waals surface area contributed by atoms with Crippen molar-refractivity contribution in [3.05, 3.63) is 29.3 Å². The molecule has 0 saturated carbocycles. The maximum Gasteiger partial charge on any atom is 0.209 e. The first kappa shape index (κ1) is 17.7. The highest BCUT2D eigenvalue weighted by atomic mass is 32.2. The fourth-order valence-corrected chi connectivity index (χ4v) is 2.93. The molecule has 0 amide bonds. The molecule has 0 bridgehead atoms. The molecule has 0 heterocycles. The minimum absolute atomic E-state index is 0.0136. The van der Waals surface area contributed by atoms with Crippen LogP contribution >= 0.6 is 12.2 Å². The molecule has 0 aliphatic carbocycles. The van der Waals surface area contributed by atoms with Crippen molar-refractivity contribution >= 4 is 32.9 Å². The molecule has 5 nitrogen and oxygen atoms in total. The predicted molar refractivity (Wildman–Crippen MR) is 82.8 cm³/mol. The van der Waals surface area contributed by atoms with E-state index in [0.29, 0.717) is 0 Å². The number of hydrogen-bond acceptors (Lipinski definition) is 4. The third-order valence-electron chi connectivity index (χ3n) is 2.50. The quantitative estimate of drug-likeness (QED) is 0.682. The number of rotatable bonds is 6. The molecule has 0 fully saturated rings. The summed E-state index contributed by atoms with van der Waals surface area (Å²) >= 11 is 4.66. The monoisotopic (exact) mass is 337 g/mol. The van der Waals surface area contributed by atoms with Crippen LogP contribution in [0.3, 0.4) is 0 Å². The topological polar surface area (TPSA) is 84.2 Å². The Morgan fingerprint density at radius 3 is 2.19 bits per heavy atom. The van der Waals surface area contributed by atoms with Crippen molar-refractivity contribution in [1.82, 2.24) is 4.72 Å². The van der Waals surface area contributed by atoms with E-state index in [-0.39, 0.29) is 22.8 Å². The molecule has 21 heavy (non-hydrogen) atoms. The molecule has 0 aliphatic rings. The van der Waals surface area contributed by atoms with Gasteiger partial charge in [0.25, 0.3) is 0 Å². The summed E-state index contributed by atoms with van der Waals surface area (Å²) in [7, 11) is -3.44. The number of benzene rings is 1. The Labute approximate surface area is 128 Å². The maximum absolute atomic E-state index is 13.8. The Morgan fingerprint density at radius 1 is 1.33 bits per heavy atom. The second-order valence-electron chi connectivity index (χ2n) is 5.29. The van der Waals surface area contributed by atoms with Crippen LogP contribution in [-0.4, -0.2) is 31.7 Å². The molecule has 0 spiro atoms. The number of nitrogens with two attached hydrogens (primary N) is 1. The number of sulfonamides is 1. The van der Waals surface area contributed by atoms with Crippen LogP contribution < -0.4 is 15.8 Å². The van der Waals surface area contributed by atoms with Crippen LogP contribution in [0.1, 0.15) is 19.4 Å². The van der Waals surface area contributed by atoms with Gasteiger partial charge in [0.05, 0.1) is 6.26 Å². The fourth-order valence-electron chi connectivity index (χ4n) is 1.73. The average Bonchev–Trinajstić information content (AvgIpc) is 2.23. The lowest BCUT2D eigenvalue weighted by Gasteiger charge is -2.26. The van der Waals surface area contributed by atoms with Crippen LogP contribution in [0.4, 0.5) is 14.5 Å². The van der Waals surface area contributed by atoms with Gasteiger partial charge in [-0.1, -0.05) is 12.2 Å². The SMILES string of the molecule is CC(C)(CNc1c(F)cc(C(N)=S)cc1F)NS(C)(=O)=O. The first-order chi connectivity index (χ1) is 9.41. The van der Waals surface area contributed by atoms with Gasteiger partial charge in [-0.3, -0.25) is 0 Å². The normalized spacial score (nSPS) is 12.2. The van der Waals surface area contributed by atoms with E-state index in [1.54, 1.807) is 13.8 Å². The lowest BCUT2D eigenvalue weighted by Crippen LogP contribution is -2.47. The van der Waals surface area contributed by atoms with Crippen molar-refractivity contribution in [1.29, 1.82) is 0 Å². The second kappa shape index (κ2) is 6.20. The summed E-state index contributed by atoms with van der Waals surface area (Å²) in [6, 6.07) is 2.04. The van der Waals surface area contributed by atoms with Gasteiger partial charge in [0.2, 0.25) is 10.0 Å². The van der Waals surface area contributed by atoms with Crippen molar-refractivity contribution in [2.75, 3.05) is 18.1 Å². The lowest BCUT2D eigenvalue weighted by molar-refractivity contribution is 0.473. The molecule has 118 valence electrons. The molecule has 0 aromatic heterocycles. The first-order valence-electron chi connectivity index (χ1n) is 5.93. The van der Waals surface area contributed by atoms with Crippen LogP contribution in [0.2, 0.25) is 0 Å². The van der Waals surface area contributed by atoms with Crippen LogP contribution in [0.25, 0.3) is 0 Å². The Balaban J connectivity index is 2.92. The molecule has 0 atom stereocenters. The van der Waals surface area contributed by atoms with Crippen molar-refractivity contribution in [2.24, 2.45) is 5.73 Å². The summed E-state index contributed by atoms with van der Waals surface area (Å²) in [5.41, 5.74) is 4.11. The molecule has 9 heteroatoms. The third kappa shape index (κ3) is 5.52. The molecule has 1 aromatic rings. The Kier molecular flexibility index (Phi) is 5.24.